The molecule has 0 aromatic rings. The van der Waals surface area contributed by atoms with Crippen molar-refractivity contribution in [3.8, 4) is 0 Å². The van der Waals surface area contributed by atoms with Crippen LogP contribution in [0.3, 0.4) is 0 Å². The van der Waals surface area contributed by atoms with Crippen LogP contribution >= 0.6 is 15.9 Å². The van der Waals surface area contributed by atoms with Crippen LogP contribution in [0.5, 0.6) is 0 Å². The van der Waals surface area contributed by atoms with Crippen molar-refractivity contribution in [3.05, 3.63) is 34.4 Å². The highest BCUT2D eigenvalue weighted by Gasteiger charge is 1.97. The Kier molecular flexibility index (Phi) is 4.42. The summed E-state index contributed by atoms with van der Waals surface area (Å²) in [6.45, 7) is 2.21. The first kappa shape index (κ1) is 9.26. The van der Waals surface area contributed by atoms with Crippen LogP contribution < -0.4 is 0 Å². The van der Waals surface area contributed by atoms with Gasteiger partial charge < -0.3 is 0 Å². The first-order chi connectivity index (χ1) is 6.74. The van der Waals surface area contributed by atoms with E-state index in [2.05, 4.69) is 28.9 Å². The van der Waals surface area contributed by atoms with Gasteiger partial charge in [0.25, 0.3) is 0 Å². The standard InChI is InChI=1S/C12H17Br/c1-2-3-4-5-6-11-7-9-12(13)10-8-11/h6-7,9-10H,2-5,8H2,1H3/b11-6+/i8D. The molecule has 1 aliphatic rings. The Labute approximate surface area is 91.0 Å². The van der Waals surface area contributed by atoms with E-state index in [4.69, 9.17) is 1.37 Å². The second-order valence-electron chi connectivity index (χ2n) is 3.25. The monoisotopic (exact) mass is 241 g/mol. The zero-order chi connectivity index (χ0) is 10.4. The van der Waals surface area contributed by atoms with Crippen molar-refractivity contribution in [2.75, 3.05) is 0 Å². The Morgan fingerprint density at radius 3 is 3.08 bits per heavy atom. The molecule has 0 nitrogen and oxygen atoms in total. The molecule has 0 saturated heterocycles. The Bertz CT molecular complexity index is 263. The second kappa shape index (κ2) is 6.20. The van der Waals surface area contributed by atoms with E-state index in [0.29, 0.717) is 0 Å². The molecule has 0 amide bonds. The van der Waals surface area contributed by atoms with E-state index >= 15 is 0 Å². The van der Waals surface area contributed by atoms with Gasteiger partial charge >= 0.3 is 0 Å². The molecule has 0 saturated carbocycles. The summed E-state index contributed by atoms with van der Waals surface area (Å²) >= 11 is 3.38. The average molecular weight is 242 g/mol. The van der Waals surface area contributed by atoms with Crippen molar-refractivity contribution in [1.29, 1.82) is 0 Å². The first-order valence-corrected chi connectivity index (χ1v) is 5.71. The van der Waals surface area contributed by atoms with Crippen molar-refractivity contribution < 1.29 is 1.37 Å². The molecule has 0 aromatic heterocycles. The minimum atomic E-state index is -0.184. The van der Waals surface area contributed by atoms with Gasteiger partial charge in [-0.3, -0.25) is 0 Å². The number of hydrogen-bond donors (Lipinski definition) is 0. The summed E-state index contributed by atoms with van der Waals surface area (Å²) in [7, 11) is 0. The van der Waals surface area contributed by atoms with Gasteiger partial charge in [0.05, 0.1) is 0 Å². The molecule has 0 fully saturated rings. The van der Waals surface area contributed by atoms with Crippen LogP contribution in [0.4, 0.5) is 0 Å². The van der Waals surface area contributed by atoms with E-state index in [1.54, 1.807) is 0 Å². The molecule has 72 valence electrons. The fraction of sp³-hybridized carbons (Fsp3) is 0.500. The van der Waals surface area contributed by atoms with Crippen LogP contribution in [0.1, 0.15) is 40.4 Å². The lowest BCUT2D eigenvalue weighted by atomic mass is 10.1. The van der Waals surface area contributed by atoms with Crippen LogP contribution in [-0.4, -0.2) is 0 Å². The minimum Gasteiger partial charge on any atom is -0.0810 e. The van der Waals surface area contributed by atoms with Gasteiger partial charge in [-0.2, -0.15) is 0 Å². The van der Waals surface area contributed by atoms with Crippen molar-refractivity contribution in [2.24, 2.45) is 0 Å². The fourth-order valence-electron chi connectivity index (χ4n) is 1.26. The van der Waals surface area contributed by atoms with Crippen LogP contribution in [0.2, 0.25) is 0 Å². The van der Waals surface area contributed by atoms with Gasteiger partial charge in [-0.1, -0.05) is 53.9 Å². The molecule has 0 aromatic carbocycles. The highest BCUT2D eigenvalue weighted by molar-refractivity contribution is 9.11. The van der Waals surface area contributed by atoms with E-state index < -0.39 is 0 Å². The van der Waals surface area contributed by atoms with Gasteiger partial charge in [0, 0.05) is 5.85 Å². The molecule has 0 heterocycles. The zero-order valence-corrected chi connectivity index (χ0v) is 9.68. The van der Waals surface area contributed by atoms with E-state index in [0.717, 1.165) is 16.5 Å². The third kappa shape index (κ3) is 4.47. The summed E-state index contributed by atoms with van der Waals surface area (Å²) in [6, 6.07) is 0. The smallest absolute Gasteiger partial charge is 0.0360 e. The number of rotatable bonds is 4. The van der Waals surface area contributed by atoms with E-state index in [-0.39, 0.29) is 6.40 Å². The summed E-state index contributed by atoms with van der Waals surface area (Å²) < 4.78 is 8.83. The van der Waals surface area contributed by atoms with Crippen molar-refractivity contribution >= 4 is 15.9 Å². The molecule has 1 atom stereocenters. The van der Waals surface area contributed by atoms with Crippen molar-refractivity contribution in [2.45, 2.75) is 39.0 Å². The van der Waals surface area contributed by atoms with Crippen LogP contribution in [-0.2, 0) is 0 Å². The lowest BCUT2D eigenvalue weighted by Gasteiger charge is -2.04. The van der Waals surface area contributed by atoms with Crippen LogP contribution in [0.15, 0.2) is 34.4 Å². The number of unbranched alkanes of at least 4 members (excludes halogenated alkanes) is 3. The Morgan fingerprint density at radius 2 is 2.38 bits per heavy atom. The lowest BCUT2D eigenvalue weighted by Crippen LogP contribution is -1.83. The van der Waals surface area contributed by atoms with Gasteiger partial charge in [-0.05, 0) is 30.9 Å². The maximum Gasteiger partial charge on any atom is 0.0360 e. The SMILES string of the molecule is [2H]C1C=C(Br)C=C/C1=C\CCCCC. The molecule has 1 aliphatic carbocycles. The maximum absolute atomic E-state index is 7.81. The lowest BCUT2D eigenvalue weighted by molar-refractivity contribution is 0.727. The molecule has 0 radical (unpaired) electrons. The maximum atomic E-state index is 7.81. The molecule has 0 spiro atoms. The highest BCUT2D eigenvalue weighted by Crippen LogP contribution is 2.20. The molecule has 0 N–H and O–H groups in total. The normalized spacial score (nSPS) is 26.0. The molecule has 1 rings (SSSR count). The molecule has 13 heavy (non-hydrogen) atoms. The average Bonchev–Trinajstić information content (AvgIpc) is 2.15. The van der Waals surface area contributed by atoms with Gasteiger partial charge in [0.1, 0.15) is 0 Å². The van der Waals surface area contributed by atoms with Crippen molar-refractivity contribution in [3.63, 3.8) is 0 Å². The summed E-state index contributed by atoms with van der Waals surface area (Å²) in [5.41, 5.74) is 1.13. The predicted molar refractivity (Wildman–Crippen MR) is 63.0 cm³/mol. The minimum absolute atomic E-state index is 0.184. The summed E-state index contributed by atoms with van der Waals surface area (Å²) in [5.74, 6) is 0. The fourth-order valence-corrected chi connectivity index (χ4v) is 1.53. The van der Waals surface area contributed by atoms with E-state index in [1.165, 1.54) is 19.3 Å². The molecule has 1 heteroatoms. The largest absolute Gasteiger partial charge is 0.0810 e. The third-order valence-corrected chi connectivity index (χ3v) is 2.59. The van der Waals surface area contributed by atoms with Crippen LogP contribution in [0.25, 0.3) is 0 Å². The third-order valence-electron chi connectivity index (χ3n) is 2.06. The quantitative estimate of drug-likeness (QED) is 0.625. The molecular formula is C12H17Br. The van der Waals surface area contributed by atoms with Crippen LogP contribution in [0, 0.1) is 0 Å². The molecule has 0 aliphatic heterocycles. The molecule has 1 unspecified atom stereocenters. The number of halogens is 1. The molecular weight excluding hydrogens is 224 g/mol. The van der Waals surface area contributed by atoms with Crippen molar-refractivity contribution in [1.82, 2.24) is 0 Å². The van der Waals surface area contributed by atoms with E-state index in [9.17, 15) is 0 Å². The summed E-state index contributed by atoms with van der Waals surface area (Å²) in [6.07, 6.45) is 12.9. The topological polar surface area (TPSA) is 0 Å². The van der Waals surface area contributed by atoms with Gasteiger partial charge in [-0.15, -0.1) is 0 Å². The summed E-state index contributed by atoms with van der Waals surface area (Å²) in [4.78, 5) is 0. The Morgan fingerprint density at radius 1 is 1.54 bits per heavy atom. The second-order valence-corrected chi connectivity index (χ2v) is 4.17. The zero-order valence-electron chi connectivity index (χ0n) is 9.09. The van der Waals surface area contributed by atoms with Gasteiger partial charge in [0.15, 0.2) is 0 Å². The highest BCUT2D eigenvalue weighted by atomic mass is 79.9. The number of allylic oxidation sites excluding steroid dienone is 6. The van der Waals surface area contributed by atoms with E-state index in [1.807, 2.05) is 18.2 Å². The number of hydrogen-bond acceptors (Lipinski definition) is 0. The predicted octanol–water partition coefficient (Wildman–Crippen LogP) is 4.73. The van der Waals surface area contributed by atoms with Gasteiger partial charge in [-0.25, -0.2) is 0 Å². The first-order valence-electron chi connectivity index (χ1n) is 5.49. The Balaban J connectivity index is 2.42. The molecule has 0 bridgehead atoms. The van der Waals surface area contributed by atoms with Gasteiger partial charge in [0.2, 0.25) is 0 Å². The Hall–Kier alpha value is -0.300. The summed E-state index contributed by atoms with van der Waals surface area (Å²) in [5, 5.41) is 0.